The maximum Gasteiger partial charge on any atom is 0.407 e. The highest BCUT2D eigenvalue weighted by Gasteiger charge is 2.35. The number of rotatable bonds is 3. The van der Waals surface area contributed by atoms with Gasteiger partial charge >= 0.3 is 6.09 Å². The summed E-state index contributed by atoms with van der Waals surface area (Å²) in [5.41, 5.74) is 1.14. The van der Waals surface area contributed by atoms with Crippen LogP contribution in [0.1, 0.15) is 23.7 Å². The molecule has 0 radical (unpaired) electrons. The van der Waals surface area contributed by atoms with Gasteiger partial charge in [-0.05, 0) is 19.1 Å². The maximum atomic E-state index is 13.0. The zero-order chi connectivity index (χ0) is 17.1. The van der Waals surface area contributed by atoms with E-state index in [1.165, 1.54) is 11.8 Å². The number of amides is 2. The lowest BCUT2D eigenvalue weighted by molar-refractivity contribution is 0.0701. The minimum absolute atomic E-state index is 0.0224. The van der Waals surface area contributed by atoms with Crippen LogP contribution >= 0.6 is 0 Å². The van der Waals surface area contributed by atoms with Crippen LogP contribution in [0.2, 0.25) is 0 Å². The van der Waals surface area contributed by atoms with Crippen LogP contribution in [0, 0.1) is 0 Å². The van der Waals surface area contributed by atoms with Gasteiger partial charge < -0.3 is 15.0 Å². The summed E-state index contributed by atoms with van der Waals surface area (Å²) in [6.07, 6.45) is 2.95. The lowest BCUT2D eigenvalue weighted by Crippen LogP contribution is -2.36. The summed E-state index contributed by atoms with van der Waals surface area (Å²) in [5.74, 6) is -0.126. The van der Waals surface area contributed by atoms with E-state index in [9.17, 15) is 9.59 Å². The number of ether oxygens (including phenoxy) is 1. The van der Waals surface area contributed by atoms with Crippen LogP contribution in [-0.2, 0) is 4.74 Å². The molecule has 8 nitrogen and oxygen atoms in total. The number of nitrogens with zero attached hydrogens (tertiary/aromatic N) is 4. The second-order valence-corrected chi connectivity index (χ2v) is 5.66. The highest BCUT2D eigenvalue weighted by molar-refractivity contribution is 5.98. The molecule has 0 aliphatic carbocycles. The van der Waals surface area contributed by atoms with Crippen molar-refractivity contribution in [2.24, 2.45) is 0 Å². The number of aromatic nitrogens is 3. The first-order chi connectivity index (χ1) is 11.6. The van der Waals surface area contributed by atoms with Gasteiger partial charge in [0, 0.05) is 19.5 Å². The Labute approximate surface area is 139 Å². The maximum absolute atomic E-state index is 13.0. The van der Waals surface area contributed by atoms with Gasteiger partial charge in [0.1, 0.15) is 6.10 Å². The van der Waals surface area contributed by atoms with Gasteiger partial charge in [-0.15, -0.1) is 0 Å². The van der Waals surface area contributed by atoms with Gasteiger partial charge in [0.05, 0.1) is 30.2 Å². The van der Waals surface area contributed by atoms with Gasteiger partial charge in [0.25, 0.3) is 5.91 Å². The van der Waals surface area contributed by atoms with E-state index in [1.54, 1.807) is 35.5 Å². The van der Waals surface area contributed by atoms with E-state index in [1.807, 2.05) is 13.0 Å². The molecule has 1 N–H and O–H groups in total. The van der Waals surface area contributed by atoms with Crippen LogP contribution in [0.5, 0.6) is 0 Å². The van der Waals surface area contributed by atoms with Crippen LogP contribution in [0.15, 0.2) is 36.7 Å². The van der Waals surface area contributed by atoms with E-state index in [-0.39, 0.29) is 18.1 Å². The Morgan fingerprint density at radius 3 is 2.67 bits per heavy atom. The lowest BCUT2D eigenvalue weighted by Gasteiger charge is -2.22. The lowest BCUT2D eigenvalue weighted by atomic mass is 10.1. The molecule has 2 aromatic rings. The fourth-order valence-corrected chi connectivity index (χ4v) is 2.88. The predicted molar refractivity (Wildman–Crippen MR) is 85.8 cm³/mol. The van der Waals surface area contributed by atoms with Crippen LogP contribution in [0.4, 0.5) is 4.79 Å². The molecule has 3 rings (SSSR count). The summed E-state index contributed by atoms with van der Waals surface area (Å²) >= 11 is 0. The van der Waals surface area contributed by atoms with Crippen molar-refractivity contribution in [3.05, 3.63) is 42.2 Å². The van der Waals surface area contributed by atoms with E-state index >= 15 is 0 Å². The minimum Gasteiger partial charge on any atom is -0.444 e. The topological polar surface area (TPSA) is 89.4 Å². The molecule has 24 heavy (non-hydrogen) atoms. The van der Waals surface area contributed by atoms with Crippen LogP contribution in [0.3, 0.4) is 0 Å². The summed E-state index contributed by atoms with van der Waals surface area (Å²) in [6, 6.07) is 7.17. The molecule has 0 saturated carbocycles. The number of alkyl carbamates (subject to hydrolysis) is 1. The number of para-hydroxylation sites is 1. The predicted octanol–water partition coefficient (Wildman–Crippen LogP) is 1.23. The number of carbonyl (C=O) groups is 2. The molecule has 126 valence electrons. The van der Waals surface area contributed by atoms with E-state index in [2.05, 4.69) is 15.5 Å². The van der Waals surface area contributed by atoms with Crippen molar-refractivity contribution in [2.45, 2.75) is 25.5 Å². The number of nitrogens with one attached hydrogen (secondary N) is 1. The fourth-order valence-electron chi connectivity index (χ4n) is 2.88. The van der Waals surface area contributed by atoms with E-state index < -0.39 is 6.09 Å². The quantitative estimate of drug-likeness (QED) is 0.915. The molecule has 1 fully saturated rings. The normalized spacial score (nSPS) is 20.0. The highest BCUT2D eigenvalue weighted by Crippen LogP contribution is 2.24. The molecule has 0 spiro atoms. The molecule has 1 aliphatic rings. The summed E-state index contributed by atoms with van der Waals surface area (Å²) < 4.78 is 5.28. The first-order valence-corrected chi connectivity index (χ1v) is 7.75. The van der Waals surface area contributed by atoms with Gasteiger partial charge in [-0.1, -0.05) is 12.1 Å². The smallest absolute Gasteiger partial charge is 0.407 e. The first kappa shape index (κ1) is 16.0. The summed E-state index contributed by atoms with van der Waals surface area (Å²) in [5, 5.41) is 10.6. The van der Waals surface area contributed by atoms with Crippen LogP contribution < -0.4 is 5.32 Å². The second kappa shape index (κ2) is 6.69. The molecule has 1 aromatic heterocycles. The third-order valence-corrected chi connectivity index (χ3v) is 4.04. The monoisotopic (exact) mass is 329 g/mol. The van der Waals surface area contributed by atoms with Gasteiger partial charge in [-0.2, -0.15) is 15.0 Å². The van der Waals surface area contributed by atoms with Crippen molar-refractivity contribution < 1.29 is 14.3 Å². The average molecular weight is 329 g/mol. The molecule has 2 amide bonds. The molecule has 2 heterocycles. The van der Waals surface area contributed by atoms with Crippen LogP contribution in [0.25, 0.3) is 5.69 Å². The minimum atomic E-state index is -0.484. The summed E-state index contributed by atoms with van der Waals surface area (Å²) in [4.78, 5) is 27.5. The van der Waals surface area contributed by atoms with Crippen molar-refractivity contribution in [3.63, 3.8) is 0 Å². The standard InChI is InChI=1S/C16H19N5O3/c1-11-9-12(24-16(23)17-2)10-20(11)15(22)13-5-3-4-6-14(13)21-18-7-8-19-21/h3-8,11-12H,9-10H2,1-2H3,(H,17,23)/t11-,12-/m1/s1. The Bertz CT molecular complexity index is 731. The molecule has 0 bridgehead atoms. The number of carbonyl (C=O) groups excluding carboxylic acids is 2. The molecule has 0 unspecified atom stereocenters. The molecular weight excluding hydrogens is 310 g/mol. The van der Waals surface area contributed by atoms with Gasteiger partial charge in [-0.25, -0.2) is 4.79 Å². The van der Waals surface area contributed by atoms with Gasteiger partial charge in [-0.3, -0.25) is 4.79 Å². The third kappa shape index (κ3) is 3.08. The molecule has 1 saturated heterocycles. The van der Waals surface area contributed by atoms with Gasteiger partial charge in [0.15, 0.2) is 0 Å². The van der Waals surface area contributed by atoms with E-state index in [0.717, 1.165) is 0 Å². The SMILES string of the molecule is CNC(=O)O[C@@H]1C[C@@H](C)N(C(=O)c2ccccc2-n2nccn2)C1. The van der Waals surface area contributed by atoms with Crippen molar-refractivity contribution in [2.75, 3.05) is 13.6 Å². The van der Waals surface area contributed by atoms with E-state index in [0.29, 0.717) is 24.2 Å². The Hall–Kier alpha value is -2.90. The largest absolute Gasteiger partial charge is 0.444 e. The molecule has 8 heteroatoms. The third-order valence-electron chi connectivity index (χ3n) is 4.04. The number of likely N-dealkylation sites (tertiary alicyclic amines) is 1. The number of benzene rings is 1. The van der Waals surface area contributed by atoms with Crippen molar-refractivity contribution in [3.8, 4) is 5.69 Å². The zero-order valence-corrected chi connectivity index (χ0v) is 13.5. The molecule has 2 atom stereocenters. The summed E-state index contributed by atoms with van der Waals surface area (Å²) in [7, 11) is 1.51. The Balaban J connectivity index is 1.81. The molecular formula is C16H19N5O3. The van der Waals surface area contributed by atoms with Crippen molar-refractivity contribution in [1.29, 1.82) is 0 Å². The number of hydrogen-bond acceptors (Lipinski definition) is 5. The Kier molecular flexibility index (Phi) is 4.45. The Morgan fingerprint density at radius 1 is 1.25 bits per heavy atom. The Morgan fingerprint density at radius 2 is 1.96 bits per heavy atom. The zero-order valence-electron chi connectivity index (χ0n) is 13.5. The molecule has 1 aliphatic heterocycles. The van der Waals surface area contributed by atoms with E-state index in [4.69, 9.17) is 4.74 Å². The fraction of sp³-hybridized carbons (Fsp3) is 0.375. The second-order valence-electron chi connectivity index (χ2n) is 5.66. The summed E-state index contributed by atoms with van der Waals surface area (Å²) in [6.45, 7) is 2.31. The van der Waals surface area contributed by atoms with Gasteiger partial charge in [0.2, 0.25) is 0 Å². The number of hydrogen-bond donors (Lipinski definition) is 1. The molecule has 1 aromatic carbocycles. The highest BCUT2D eigenvalue weighted by atomic mass is 16.6. The van der Waals surface area contributed by atoms with Crippen LogP contribution in [-0.4, -0.2) is 57.6 Å². The average Bonchev–Trinajstić information content (AvgIpc) is 3.24. The van der Waals surface area contributed by atoms with Crippen molar-refractivity contribution in [1.82, 2.24) is 25.2 Å². The van der Waals surface area contributed by atoms with Crippen molar-refractivity contribution >= 4 is 12.0 Å². The first-order valence-electron chi connectivity index (χ1n) is 7.75.